The Labute approximate surface area is 119 Å². The molecule has 2 rings (SSSR count). The summed E-state index contributed by atoms with van der Waals surface area (Å²) < 4.78 is 0. The Morgan fingerprint density at radius 1 is 1.45 bits per heavy atom. The van der Waals surface area contributed by atoms with E-state index < -0.39 is 4.92 Å². The maximum absolute atomic E-state index is 11.8. The molecule has 1 N–H and O–H groups in total. The Bertz CT molecular complexity index is 667. The number of nitro benzene ring substituents is 1. The summed E-state index contributed by atoms with van der Waals surface area (Å²) in [5.74, 6) is -0.242. The number of rotatable bonds is 4. The van der Waals surface area contributed by atoms with Crippen molar-refractivity contribution in [2.24, 2.45) is 0 Å². The predicted octanol–water partition coefficient (Wildman–Crippen LogP) is 2.85. The van der Waals surface area contributed by atoms with Gasteiger partial charge in [0.25, 0.3) is 5.69 Å². The van der Waals surface area contributed by atoms with Crippen molar-refractivity contribution in [3.63, 3.8) is 0 Å². The van der Waals surface area contributed by atoms with Crippen molar-refractivity contribution < 1.29 is 9.72 Å². The molecule has 0 aliphatic heterocycles. The van der Waals surface area contributed by atoms with E-state index in [1.807, 2.05) is 12.3 Å². The third-order valence-electron chi connectivity index (χ3n) is 2.70. The minimum Gasteiger partial charge on any atom is -0.325 e. The molecule has 1 amide bonds. The van der Waals surface area contributed by atoms with Crippen LogP contribution in [0.4, 0.5) is 11.4 Å². The molecule has 20 heavy (non-hydrogen) atoms. The van der Waals surface area contributed by atoms with Crippen molar-refractivity contribution in [3.8, 4) is 0 Å². The lowest BCUT2D eigenvalue weighted by Gasteiger charge is -2.05. The maximum atomic E-state index is 11.8. The summed E-state index contributed by atoms with van der Waals surface area (Å²) in [6.45, 7) is 3.52. The van der Waals surface area contributed by atoms with Gasteiger partial charge in [0.05, 0.1) is 22.0 Å². The normalized spacial score (nSPS) is 10.3. The van der Waals surface area contributed by atoms with Gasteiger partial charge in [0.2, 0.25) is 5.91 Å². The van der Waals surface area contributed by atoms with Gasteiger partial charge < -0.3 is 5.32 Å². The van der Waals surface area contributed by atoms with Gasteiger partial charge in [-0.15, -0.1) is 11.3 Å². The predicted molar refractivity (Wildman–Crippen MR) is 77.0 cm³/mol. The average Bonchev–Trinajstić information content (AvgIpc) is 2.76. The van der Waals surface area contributed by atoms with E-state index in [0.29, 0.717) is 16.9 Å². The third kappa shape index (κ3) is 3.39. The van der Waals surface area contributed by atoms with Gasteiger partial charge in [-0.2, -0.15) is 0 Å². The molecule has 7 heteroatoms. The Hall–Kier alpha value is -2.28. The number of thiazole rings is 1. The number of nitrogens with one attached hydrogen (secondary N) is 1. The van der Waals surface area contributed by atoms with Crippen LogP contribution in [0.3, 0.4) is 0 Å². The van der Waals surface area contributed by atoms with Crippen LogP contribution in [-0.4, -0.2) is 15.8 Å². The number of benzene rings is 1. The van der Waals surface area contributed by atoms with E-state index in [2.05, 4.69) is 10.3 Å². The van der Waals surface area contributed by atoms with Crippen molar-refractivity contribution in [3.05, 3.63) is 50.0 Å². The second-order valence-corrected chi connectivity index (χ2v) is 5.40. The minimum absolute atomic E-state index is 0.00713. The van der Waals surface area contributed by atoms with Gasteiger partial charge >= 0.3 is 0 Å². The maximum Gasteiger partial charge on any atom is 0.274 e. The van der Waals surface area contributed by atoms with Crippen molar-refractivity contribution >= 4 is 28.6 Å². The number of hydrogen-bond donors (Lipinski definition) is 1. The Kier molecular flexibility index (Phi) is 4.09. The first-order valence-corrected chi connectivity index (χ1v) is 6.79. The number of nitro groups is 1. The van der Waals surface area contributed by atoms with Gasteiger partial charge in [0.1, 0.15) is 0 Å². The summed E-state index contributed by atoms with van der Waals surface area (Å²) in [5.41, 5.74) is 1.67. The standard InChI is InChI=1S/C13H13N3O3S/c1-8-3-4-10(5-12(8)16(18)19)15-13(17)6-11-7-20-9(2)14-11/h3-5,7H,6H2,1-2H3,(H,15,17). The van der Waals surface area contributed by atoms with Gasteiger partial charge in [-0.3, -0.25) is 14.9 Å². The number of anilines is 1. The summed E-state index contributed by atoms with van der Waals surface area (Å²) in [5, 5.41) is 16.2. The second-order valence-electron chi connectivity index (χ2n) is 4.34. The Morgan fingerprint density at radius 3 is 2.80 bits per heavy atom. The summed E-state index contributed by atoms with van der Waals surface area (Å²) >= 11 is 1.48. The summed E-state index contributed by atoms with van der Waals surface area (Å²) in [6.07, 6.45) is 0.159. The van der Waals surface area contributed by atoms with E-state index in [-0.39, 0.29) is 18.0 Å². The van der Waals surface area contributed by atoms with Crippen LogP contribution in [0.25, 0.3) is 0 Å². The van der Waals surface area contributed by atoms with Gasteiger partial charge in [-0.25, -0.2) is 4.98 Å². The quantitative estimate of drug-likeness (QED) is 0.693. The molecule has 0 saturated carbocycles. The number of amides is 1. The molecule has 1 heterocycles. The Balaban J connectivity index is 2.08. The van der Waals surface area contributed by atoms with E-state index in [9.17, 15) is 14.9 Å². The van der Waals surface area contributed by atoms with Crippen LogP contribution in [0, 0.1) is 24.0 Å². The molecule has 0 saturated heterocycles. The van der Waals surface area contributed by atoms with Crippen molar-refractivity contribution in [2.45, 2.75) is 20.3 Å². The van der Waals surface area contributed by atoms with E-state index >= 15 is 0 Å². The zero-order valence-electron chi connectivity index (χ0n) is 11.0. The summed E-state index contributed by atoms with van der Waals surface area (Å²) in [6, 6.07) is 4.62. The number of carbonyl (C=O) groups excluding carboxylic acids is 1. The van der Waals surface area contributed by atoms with E-state index in [4.69, 9.17) is 0 Å². The molecular weight excluding hydrogens is 278 g/mol. The van der Waals surface area contributed by atoms with Gasteiger partial charge in [-0.1, -0.05) is 6.07 Å². The number of aromatic nitrogens is 1. The molecule has 0 aliphatic rings. The van der Waals surface area contributed by atoms with Crippen LogP contribution >= 0.6 is 11.3 Å². The fourth-order valence-electron chi connectivity index (χ4n) is 1.74. The number of hydrogen-bond acceptors (Lipinski definition) is 5. The topological polar surface area (TPSA) is 85.1 Å². The zero-order valence-corrected chi connectivity index (χ0v) is 11.9. The molecule has 6 nitrogen and oxygen atoms in total. The average molecular weight is 291 g/mol. The molecule has 1 aromatic carbocycles. The molecule has 0 atom stereocenters. The molecule has 0 spiro atoms. The van der Waals surface area contributed by atoms with Crippen LogP contribution in [-0.2, 0) is 11.2 Å². The largest absolute Gasteiger partial charge is 0.325 e. The number of carbonyl (C=O) groups is 1. The monoisotopic (exact) mass is 291 g/mol. The fraction of sp³-hybridized carbons (Fsp3) is 0.231. The first-order valence-electron chi connectivity index (χ1n) is 5.91. The molecule has 0 fully saturated rings. The van der Waals surface area contributed by atoms with Crippen LogP contribution < -0.4 is 5.32 Å². The lowest BCUT2D eigenvalue weighted by atomic mass is 10.2. The fourth-order valence-corrected chi connectivity index (χ4v) is 2.36. The first-order chi connectivity index (χ1) is 9.45. The summed E-state index contributed by atoms with van der Waals surface area (Å²) in [7, 11) is 0. The van der Waals surface area contributed by atoms with E-state index in [1.54, 1.807) is 19.1 Å². The molecule has 0 aliphatic carbocycles. The molecular formula is C13H13N3O3S. The molecule has 0 unspecified atom stereocenters. The molecule has 104 valence electrons. The minimum atomic E-state index is -0.464. The highest BCUT2D eigenvalue weighted by atomic mass is 32.1. The van der Waals surface area contributed by atoms with Crippen LogP contribution in [0.15, 0.2) is 23.6 Å². The smallest absolute Gasteiger partial charge is 0.274 e. The van der Waals surface area contributed by atoms with Crippen LogP contribution in [0.1, 0.15) is 16.3 Å². The second kappa shape index (κ2) is 5.79. The van der Waals surface area contributed by atoms with Gasteiger partial charge in [-0.05, 0) is 19.9 Å². The number of aryl methyl sites for hydroxylation is 2. The van der Waals surface area contributed by atoms with Gasteiger partial charge in [0.15, 0.2) is 0 Å². The highest BCUT2D eigenvalue weighted by molar-refractivity contribution is 7.09. The highest BCUT2D eigenvalue weighted by Gasteiger charge is 2.13. The highest BCUT2D eigenvalue weighted by Crippen LogP contribution is 2.22. The molecule has 0 radical (unpaired) electrons. The van der Waals surface area contributed by atoms with E-state index in [1.165, 1.54) is 17.4 Å². The van der Waals surface area contributed by atoms with Crippen molar-refractivity contribution in [1.29, 1.82) is 0 Å². The number of nitrogens with zero attached hydrogens (tertiary/aromatic N) is 2. The van der Waals surface area contributed by atoms with Crippen LogP contribution in [0.2, 0.25) is 0 Å². The summed E-state index contributed by atoms with van der Waals surface area (Å²) in [4.78, 5) is 26.4. The molecule has 1 aromatic heterocycles. The first kappa shape index (κ1) is 14.1. The SMILES string of the molecule is Cc1nc(CC(=O)Nc2ccc(C)c([N+](=O)[O-])c2)cs1. The Morgan fingerprint density at radius 2 is 2.20 bits per heavy atom. The van der Waals surface area contributed by atoms with E-state index in [0.717, 1.165) is 5.01 Å². The third-order valence-corrected chi connectivity index (χ3v) is 3.52. The molecule has 2 aromatic rings. The van der Waals surface area contributed by atoms with Gasteiger partial charge in [0, 0.05) is 22.7 Å². The molecule has 0 bridgehead atoms. The van der Waals surface area contributed by atoms with Crippen LogP contribution in [0.5, 0.6) is 0 Å². The zero-order chi connectivity index (χ0) is 14.7. The lowest BCUT2D eigenvalue weighted by molar-refractivity contribution is -0.385. The lowest BCUT2D eigenvalue weighted by Crippen LogP contribution is -2.14. The van der Waals surface area contributed by atoms with Crippen molar-refractivity contribution in [1.82, 2.24) is 4.98 Å². The van der Waals surface area contributed by atoms with Crippen molar-refractivity contribution in [2.75, 3.05) is 5.32 Å².